The lowest BCUT2D eigenvalue weighted by Crippen LogP contribution is -2.36. The molecular formula is C16H20FN7O2S. The second-order valence-electron chi connectivity index (χ2n) is 5.99. The van der Waals surface area contributed by atoms with Gasteiger partial charge in [0, 0.05) is 31.4 Å². The molecular weight excluding hydrogens is 373 g/mol. The molecule has 1 fully saturated rings. The molecule has 27 heavy (non-hydrogen) atoms. The Kier molecular flexibility index (Phi) is 5.94. The van der Waals surface area contributed by atoms with Crippen LogP contribution in [0.3, 0.4) is 0 Å². The van der Waals surface area contributed by atoms with Crippen LogP contribution < -0.4 is 16.4 Å². The van der Waals surface area contributed by atoms with Crippen LogP contribution in [0.15, 0.2) is 28.4 Å². The van der Waals surface area contributed by atoms with Crippen LogP contribution in [0.1, 0.15) is 11.3 Å². The molecule has 0 aliphatic carbocycles. The van der Waals surface area contributed by atoms with Crippen LogP contribution in [0, 0.1) is 12.3 Å². The lowest BCUT2D eigenvalue weighted by atomic mass is 10.2. The van der Waals surface area contributed by atoms with E-state index in [4.69, 9.17) is 15.9 Å². The number of amidine groups is 1. The monoisotopic (exact) mass is 393 g/mol. The number of aryl methyl sites for hydroxylation is 1. The van der Waals surface area contributed by atoms with Gasteiger partial charge in [0.1, 0.15) is 22.2 Å². The third kappa shape index (κ3) is 4.56. The Labute approximate surface area is 159 Å². The predicted octanol–water partition coefficient (Wildman–Crippen LogP) is 0.855. The van der Waals surface area contributed by atoms with Gasteiger partial charge in [-0.05, 0) is 18.5 Å². The molecule has 0 atom stereocenters. The number of carbonyl (C=O) groups is 1. The molecule has 1 aromatic heterocycles. The first-order chi connectivity index (χ1) is 13.0. The van der Waals surface area contributed by atoms with Gasteiger partial charge >= 0.3 is 0 Å². The highest BCUT2D eigenvalue weighted by Gasteiger charge is 2.23. The van der Waals surface area contributed by atoms with Crippen molar-refractivity contribution in [3.63, 3.8) is 0 Å². The summed E-state index contributed by atoms with van der Waals surface area (Å²) in [6, 6.07) is 0. The standard InChI is InChI=1S/C16H20FN7O2S/c1-9-11(8-24-2-4-26-5-3-24)16(27-23-9)22-15(25)12(13(18)19)14-20-6-10(17)7-21-14/h6-7,20H,2-5,8H2,1H3,(H3,18,19)(H,22,25)/b14-12-. The maximum absolute atomic E-state index is 13.1. The van der Waals surface area contributed by atoms with E-state index < -0.39 is 17.6 Å². The lowest BCUT2D eigenvalue weighted by Gasteiger charge is -2.26. The number of nitrogens with two attached hydrogens (primary N) is 1. The minimum atomic E-state index is -0.607. The second-order valence-corrected chi connectivity index (χ2v) is 6.76. The molecule has 0 unspecified atom stereocenters. The van der Waals surface area contributed by atoms with Crippen molar-refractivity contribution >= 4 is 34.5 Å². The number of aromatic nitrogens is 1. The van der Waals surface area contributed by atoms with Crippen LogP contribution >= 0.6 is 11.5 Å². The Morgan fingerprint density at radius 1 is 1.52 bits per heavy atom. The van der Waals surface area contributed by atoms with Crippen molar-refractivity contribution < 1.29 is 13.9 Å². The molecule has 144 valence electrons. The van der Waals surface area contributed by atoms with Crippen LogP contribution in [0.25, 0.3) is 0 Å². The van der Waals surface area contributed by atoms with Crippen molar-refractivity contribution in [3.05, 3.63) is 34.7 Å². The summed E-state index contributed by atoms with van der Waals surface area (Å²) in [5, 5.41) is 13.6. The van der Waals surface area contributed by atoms with Gasteiger partial charge in [-0.3, -0.25) is 15.1 Å². The molecule has 3 rings (SSSR count). The molecule has 11 heteroatoms. The third-order valence-corrected chi connectivity index (χ3v) is 4.99. The molecule has 5 N–H and O–H groups in total. The van der Waals surface area contributed by atoms with E-state index in [9.17, 15) is 9.18 Å². The first-order valence-electron chi connectivity index (χ1n) is 8.27. The van der Waals surface area contributed by atoms with E-state index >= 15 is 0 Å². The number of morpholine rings is 1. The summed E-state index contributed by atoms with van der Waals surface area (Å²) in [5.41, 5.74) is 7.13. The molecule has 2 aliphatic rings. The number of allylic oxidation sites excluding steroid dienone is 1. The number of aliphatic imine (C=N–C) groups is 1. The predicted molar refractivity (Wildman–Crippen MR) is 101 cm³/mol. The number of halogens is 1. The molecule has 0 spiro atoms. The van der Waals surface area contributed by atoms with Crippen molar-refractivity contribution in [2.75, 3.05) is 31.6 Å². The summed E-state index contributed by atoms with van der Waals surface area (Å²) >= 11 is 1.16. The topological polar surface area (TPSA) is 129 Å². The Morgan fingerprint density at radius 2 is 2.26 bits per heavy atom. The minimum absolute atomic E-state index is 0.0115. The van der Waals surface area contributed by atoms with E-state index in [1.165, 1.54) is 0 Å². The number of nitrogens with one attached hydrogen (secondary N) is 3. The van der Waals surface area contributed by atoms with Crippen molar-refractivity contribution in [3.8, 4) is 0 Å². The average molecular weight is 393 g/mol. The molecule has 0 saturated carbocycles. The molecule has 9 nitrogen and oxygen atoms in total. The minimum Gasteiger partial charge on any atom is -0.383 e. The summed E-state index contributed by atoms with van der Waals surface area (Å²) in [7, 11) is 0. The van der Waals surface area contributed by atoms with Crippen molar-refractivity contribution in [2.24, 2.45) is 10.7 Å². The van der Waals surface area contributed by atoms with Crippen LogP contribution in [-0.2, 0) is 16.1 Å². The SMILES string of the molecule is Cc1nsc(NC(=O)/C(C(=N)N)=C2\N=CC(F)=CN2)c1CN1CCOCC1. The fourth-order valence-electron chi connectivity index (χ4n) is 2.65. The normalized spacial score (nSPS) is 19.3. The van der Waals surface area contributed by atoms with Crippen LogP contribution in [0.4, 0.5) is 9.39 Å². The molecule has 1 aromatic rings. The van der Waals surface area contributed by atoms with E-state index in [-0.39, 0.29) is 11.4 Å². The smallest absolute Gasteiger partial charge is 0.263 e. The van der Waals surface area contributed by atoms with Gasteiger partial charge in [-0.2, -0.15) is 4.37 Å². The van der Waals surface area contributed by atoms with Gasteiger partial charge in [0.05, 0.1) is 25.1 Å². The zero-order valence-corrected chi connectivity index (χ0v) is 15.5. The van der Waals surface area contributed by atoms with Gasteiger partial charge < -0.3 is 21.1 Å². The number of hydrogen-bond acceptors (Lipinski definition) is 8. The number of nitrogens with zero attached hydrogens (tertiary/aromatic N) is 3. The molecule has 1 saturated heterocycles. The number of hydrogen-bond donors (Lipinski definition) is 4. The number of ether oxygens (including phenoxy) is 1. The van der Waals surface area contributed by atoms with Crippen molar-refractivity contribution in [1.29, 1.82) is 5.41 Å². The third-order valence-electron chi connectivity index (χ3n) is 4.09. The van der Waals surface area contributed by atoms with Crippen molar-refractivity contribution in [1.82, 2.24) is 14.6 Å². The van der Waals surface area contributed by atoms with Gasteiger partial charge in [0.25, 0.3) is 5.91 Å². The Hall–Kier alpha value is -2.63. The number of anilines is 1. The van der Waals surface area contributed by atoms with Gasteiger partial charge in [-0.1, -0.05) is 0 Å². The average Bonchev–Trinajstić information content (AvgIpc) is 2.97. The maximum atomic E-state index is 13.1. The first-order valence-corrected chi connectivity index (χ1v) is 9.04. The summed E-state index contributed by atoms with van der Waals surface area (Å²) < 4.78 is 22.8. The Balaban J connectivity index is 1.80. The van der Waals surface area contributed by atoms with Crippen molar-refractivity contribution in [2.45, 2.75) is 13.5 Å². The molecule has 0 aromatic carbocycles. The summed E-state index contributed by atoms with van der Waals surface area (Å²) in [5.74, 6) is -1.66. The highest BCUT2D eigenvalue weighted by molar-refractivity contribution is 7.10. The van der Waals surface area contributed by atoms with E-state index in [2.05, 4.69) is 24.9 Å². The van der Waals surface area contributed by atoms with Gasteiger partial charge in [0.2, 0.25) is 0 Å². The zero-order valence-electron chi connectivity index (χ0n) is 14.7. The summed E-state index contributed by atoms with van der Waals surface area (Å²) in [6.45, 7) is 5.48. The fraction of sp³-hybridized carbons (Fsp3) is 0.375. The van der Waals surface area contributed by atoms with Crippen LogP contribution in [-0.4, -0.2) is 53.5 Å². The zero-order chi connectivity index (χ0) is 19.4. The molecule has 0 bridgehead atoms. The molecule has 1 amide bonds. The molecule has 3 heterocycles. The highest BCUT2D eigenvalue weighted by atomic mass is 32.1. The largest absolute Gasteiger partial charge is 0.383 e. The van der Waals surface area contributed by atoms with Crippen LogP contribution in [0.2, 0.25) is 0 Å². The Morgan fingerprint density at radius 3 is 2.89 bits per heavy atom. The van der Waals surface area contributed by atoms with Gasteiger partial charge in [0.15, 0.2) is 5.83 Å². The van der Waals surface area contributed by atoms with E-state index in [1.807, 2.05) is 6.92 Å². The maximum Gasteiger partial charge on any atom is 0.263 e. The summed E-state index contributed by atoms with van der Waals surface area (Å²) in [4.78, 5) is 18.7. The Bertz CT molecular complexity index is 840. The van der Waals surface area contributed by atoms with E-state index in [0.717, 1.165) is 48.3 Å². The van der Waals surface area contributed by atoms with Gasteiger partial charge in [-0.15, -0.1) is 0 Å². The van der Waals surface area contributed by atoms with E-state index in [0.29, 0.717) is 24.8 Å². The lowest BCUT2D eigenvalue weighted by molar-refractivity contribution is -0.112. The number of amides is 1. The molecule has 0 radical (unpaired) electrons. The van der Waals surface area contributed by atoms with E-state index in [1.54, 1.807) is 0 Å². The quantitative estimate of drug-likeness (QED) is 0.334. The molecule has 2 aliphatic heterocycles. The number of carbonyl (C=O) groups excluding carboxylic acids is 1. The highest BCUT2D eigenvalue weighted by Crippen LogP contribution is 2.27. The van der Waals surface area contributed by atoms with Gasteiger partial charge in [-0.25, -0.2) is 9.38 Å². The fourth-order valence-corrected chi connectivity index (χ4v) is 3.45. The second kappa shape index (κ2) is 8.37. The number of rotatable bonds is 5. The summed E-state index contributed by atoms with van der Waals surface area (Å²) in [6.07, 6.45) is 1.99. The van der Waals surface area contributed by atoms with Crippen LogP contribution in [0.5, 0.6) is 0 Å². The first kappa shape index (κ1) is 19.1.